The molecule has 4 nitrogen and oxygen atoms in total. The van der Waals surface area contributed by atoms with Crippen LogP contribution in [0.15, 0.2) is 23.5 Å². The van der Waals surface area contributed by atoms with Gasteiger partial charge in [-0.25, -0.2) is 0 Å². The topological polar surface area (TPSA) is 60.5 Å². The first-order valence-electron chi connectivity index (χ1n) is 4.16. The molecule has 2 rings (SSSR count). The van der Waals surface area contributed by atoms with E-state index in [1.807, 2.05) is 25.3 Å². The number of nitrogens with two attached hydrogens (primary N) is 1. The van der Waals surface area contributed by atoms with Gasteiger partial charge in [0.2, 0.25) is 0 Å². The van der Waals surface area contributed by atoms with Crippen LogP contribution in [0.3, 0.4) is 0 Å². The van der Waals surface area contributed by atoms with E-state index in [0.29, 0.717) is 12.3 Å². The molecule has 0 spiro atoms. The number of nitrogens with zero attached hydrogens (tertiary/aromatic N) is 2. The smallest absolute Gasteiger partial charge is 0.176 e. The molecule has 0 aliphatic carbocycles. The number of aryl methyl sites for hydroxylation is 1. The molecule has 0 amide bonds. The van der Waals surface area contributed by atoms with Crippen molar-refractivity contribution in [2.45, 2.75) is 19.4 Å². The summed E-state index contributed by atoms with van der Waals surface area (Å²) in [5.41, 5.74) is 7.51. The Balaban J connectivity index is 2.14. The second-order valence-corrected chi connectivity index (χ2v) is 3.14. The van der Waals surface area contributed by atoms with E-state index in [9.17, 15) is 0 Å². The van der Waals surface area contributed by atoms with E-state index >= 15 is 0 Å². The number of oxime groups is 1. The molecular weight excluding hydrogens is 166 g/mol. The lowest BCUT2D eigenvalue weighted by Gasteiger charge is -2.06. The van der Waals surface area contributed by atoms with Gasteiger partial charge in [0.05, 0.1) is 12.1 Å². The van der Waals surface area contributed by atoms with Crippen molar-refractivity contribution in [2.24, 2.45) is 10.9 Å². The summed E-state index contributed by atoms with van der Waals surface area (Å²) in [4.78, 5) is 9.33. The van der Waals surface area contributed by atoms with E-state index in [-0.39, 0.29) is 6.10 Å². The zero-order valence-electron chi connectivity index (χ0n) is 7.40. The van der Waals surface area contributed by atoms with Gasteiger partial charge in [-0.05, 0) is 18.6 Å². The van der Waals surface area contributed by atoms with E-state index in [0.717, 1.165) is 11.3 Å². The second kappa shape index (κ2) is 3.05. The van der Waals surface area contributed by atoms with Crippen LogP contribution in [0.2, 0.25) is 0 Å². The summed E-state index contributed by atoms with van der Waals surface area (Å²) >= 11 is 0. The molecule has 68 valence electrons. The van der Waals surface area contributed by atoms with Gasteiger partial charge in [0.1, 0.15) is 5.84 Å². The predicted octanol–water partition coefficient (Wildman–Crippen LogP) is 1.12. The highest BCUT2D eigenvalue weighted by molar-refractivity contribution is 5.81. The summed E-state index contributed by atoms with van der Waals surface area (Å²) in [5.74, 6) is 0.535. The van der Waals surface area contributed by atoms with Crippen molar-refractivity contribution in [3.05, 3.63) is 29.6 Å². The van der Waals surface area contributed by atoms with Gasteiger partial charge >= 0.3 is 0 Å². The lowest BCUT2D eigenvalue weighted by molar-refractivity contribution is 0.0825. The first-order chi connectivity index (χ1) is 6.25. The van der Waals surface area contributed by atoms with Crippen molar-refractivity contribution >= 4 is 5.84 Å². The molecule has 1 aliphatic rings. The Hall–Kier alpha value is -1.58. The van der Waals surface area contributed by atoms with Crippen LogP contribution in [-0.2, 0) is 4.84 Å². The first kappa shape index (κ1) is 8.04. The minimum absolute atomic E-state index is 0.0967. The summed E-state index contributed by atoms with van der Waals surface area (Å²) in [7, 11) is 0. The van der Waals surface area contributed by atoms with Gasteiger partial charge in [0.15, 0.2) is 6.10 Å². The maximum Gasteiger partial charge on any atom is 0.176 e. The minimum atomic E-state index is -0.0967. The summed E-state index contributed by atoms with van der Waals surface area (Å²) in [6.45, 7) is 2.00. The Morgan fingerprint density at radius 1 is 1.54 bits per heavy atom. The molecule has 1 aromatic heterocycles. The molecule has 1 aromatic rings. The Labute approximate surface area is 76.4 Å². The third kappa shape index (κ3) is 1.61. The van der Waals surface area contributed by atoms with Gasteiger partial charge in [0, 0.05) is 6.20 Å². The number of amidine groups is 1. The van der Waals surface area contributed by atoms with Crippen molar-refractivity contribution < 1.29 is 4.84 Å². The van der Waals surface area contributed by atoms with E-state index in [2.05, 4.69) is 10.1 Å². The van der Waals surface area contributed by atoms with Crippen LogP contribution in [0, 0.1) is 6.92 Å². The molecule has 1 aliphatic heterocycles. The van der Waals surface area contributed by atoms with Crippen molar-refractivity contribution in [3.63, 3.8) is 0 Å². The van der Waals surface area contributed by atoms with E-state index in [1.54, 1.807) is 0 Å². The molecule has 1 unspecified atom stereocenters. The number of hydrogen-bond donors (Lipinski definition) is 1. The normalized spacial score (nSPS) is 21.0. The fraction of sp³-hybridized carbons (Fsp3) is 0.333. The van der Waals surface area contributed by atoms with Crippen molar-refractivity contribution in [1.82, 2.24) is 4.98 Å². The van der Waals surface area contributed by atoms with Crippen LogP contribution >= 0.6 is 0 Å². The maximum atomic E-state index is 5.49. The van der Waals surface area contributed by atoms with Crippen LogP contribution in [0.4, 0.5) is 0 Å². The third-order valence-electron chi connectivity index (χ3n) is 1.96. The Bertz CT molecular complexity index is 331. The Morgan fingerprint density at radius 2 is 2.38 bits per heavy atom. The molecule has 13 heavy (non-hydrogen) atoms. The van der Waals surface area contributed by atoms with Crippen LogP contribution in [0.1, 0.15) is 23.8 Å². The molecule has 0 bridgehead atoms. The average Bonchev–Trinajstić information content (AvgIpc) is 2.53. The molecule has 2 heterocycles. The largest absolute Gasteiger partial charge is 0.384 e. The standard InChI is InChI=1S/C9H11N3O/c1-6-2-3-7(11-5-6)8-4-9(10)12-13-8/h2-3,5,8H,4H2,1H3,(H2,10,12). The van der Waals surface area contributed by atoms with E-state index in [4.69, 9.17) is 10.6 Å². The first-order valence-corrected chi connectivity index (χ1v) is 4.16. The van der Waals surface area contributed by atoms with Crippen molar-refractivity contribution in [3.8, 4) is 0 Å². The van der Waals surface area contributed by atoms with Crippen molar-refractivity contribution in [2.75, 3.05) is 0 Å². The molecule has 0 saturated heterocycles. The highest BCUT2D eigenvalue weighted by Crippen LogP contribution is 2.23. The van der Waals surface area contributed by atoms with Gasteiger partial charge in [-0.2, -0.15) is 0 Å². The molecule has 0 aromatic carbocycles. The predicted molar refractivity (Wildman–Crippen MR) is 49.0 cm³/mol. The van der Waals surface area contributed by atoms with E-state index in [1.165, 1.54) is 0 Å². The molecule has 0 radical (unpaired) electrons. The average molecular weight is 177 g/mol. The zero-order chi connectivity index (χ0) is 9.26. The number of pyridine rings is 1. The van der Waals surface area contributed by atoms with Crippen molar-refractivity contribution in [1.29, 1.82) is 0 Å². The molecule has 4 heteroatoms. The summed E-state index contributed by atoms with van der Waals surface area (Å²) in [5, 5.41) is 3.67. The fourth-order valence-electron chi connectivity index (χ4n) is 1.22. The van der Waals surface area contributed by atoms with Crippen LogP contribution in [-0.4, -0.2) is 10.8 Å². The summed E-state index contributed by atoms with van der Waals surface area (Å²) in [6, 6.07) is 3.94. The van der Waals surface area contributed by atoms with Gasteiger partial charge in [-0.1, -0.05) is 11.2 Å². The SMILES string of the molecule is Cc1ccc(C2CC(N)=NO2)nc1. The van der Waals surface area contributed by atoms with Crippen LogP contribution in [0.25, 0.3) is 0 Å². The van der Waals surface area contributed by atoms with Gasteiger partial charge < -0.3 is 10.6 Å². The molecule has 2 N–H and O–H groups in total. The number of hydrogen-bond acceptors (Lipinski definition) is 4. The number of rotatable bonds is 1. The van der Waals surface area contributed by atoms with Gasteiger partial charge in [-0.3, -0.25) is 4.98 Å². The molecule has 0 fully saturated rings. The van der Waals surface area contributed by atoms with Gasteiger partial charge in [0.25, 0.3) is 0 Å². The fourth-order valence-corrected chi connectivity index (χ4v) is 1.22. The van der Waals surface area contributed by atoms with Gasteiger partial charge in [-0.15, -0.1) is 0 Å². The maximum absolute atomic E-state index is 5.49. The summed E-state index contributed by atoms with van der Waals surface area (Å²) in [6.07, 6.45) is 2.35. The lowest BCUT2D eigenvalue weighted by atomic mass is 10.1. The molecular formula is C9H11N3O. The highest BCUT2D eigenvalue weighted by atomic mass is 16.6. The van der Waals surface area contributed by atoms with Crippen LogP contribution < -0.4 is 5.73 Å². The minimum Gasteiger partial charge on any atom is -0.384 e. The second-order valence-electron chi connectivity index (χ2n) is 3.14. The monoisotopic (exact) mass is 177 g/mol. The Kier molecular flexibility index (Phi) is 1.88. The van der Waals surface area contributed by atoms with Crippen LogP contribution in [0.5, 0.6) is 0 Å². The zero-order valence-corrected chi connectivity index (χ0v) is 7.40. The Morgan fingerprint density at radius 3 is 2.92 bits per heavy atom. The highest BCUT2D eigenvalue weighted by Gasteiger charge is 2.21. The van der Waals surface area contributed by atoms with E-state index < -0.39 is 0 Å². The molecule has 1 atom stereocenters. The number of aromatic nitrogens is 1. The lowest BCUT2D eigenvalue weighted by Crippen LogP contribution is -2.09. The molecule has 0 saturated carbocycles. The quantitative estimate of drug-likeness (QED) is 0.699. The summed E-state index contributed by atoms with van der Waals surface area (Å²) < 4.78 is 0. The third-order valence-corrected chi connectivity index (χ3v) is 1.96.